The summed E-state index contributed by atoms with van der Waals surface area (Å²) in [5, 5.41) is 15.7. The third-order valence-corrected chi connectivity index (χ3v) is 5.23. The average molecular weight is 475 g/mol. The summed E-state index contributed by atoms with van der Waals surface area (Å²) < 4.78 is 7.05. The van der Waals surface area contributed by atoms with E-state index in [0.29, 0.717) is 16.9 Å². The van der Waals surface area contributed by atoms with Crippen LogP contribution in [0, 0.1) is 11.8 Å². The number of carboxylic acids is 1. The molecule has 2 amide bonds. The molecule has 0 fully saturated rings. The lowest BCUT2D eigenvalue weighted by Gasteiger charge is -2.15. The Morgan fingerprint density at radius 2 is 1.83 bits per heavy atom. The number of aryl methyl sites for hydroxylation is 1. The maximum Gasteiger partial charge on any atom is 0.413 e. The zero-order valence-electron chi connectivity index (χ0n) is 19.7. The molecule has 0 aliphatic carbocycles. The lowest BCUT2D eigenvalue weighted by molar-refractivity contribution is -0.137. The van der Waals surface area contributed by atoms with Crippen LogP contribution in [0.4, 0.5) is 10.6 Å². The van der Waals surface area contributed by atoms with Crippen LogP contribution in [0.2, 0.25) is 0 Å². The maximum absolute atomic E-state index is 12.5. The molecule has 3 rings (SSSR count). The largest absolute Gasteiger partial charge is 0.481 e. The first-order valence-corrected chi connectivity index (χ1v) is 10.9. The van der Waals surface area contributed by atoms with Gasteiger partial charge in [0.25, 0.3) is 5.91 Å². The van der Waals surface area contributed by atoms with E-state index in [4.69, 9.17) is 9.84 Å². The first-order valence-electron chi connectivity index (χ1n) is 10.9. The van der Waals surface area contributed by atoms with Gasteiger partial charge >= 0.3 is 12.1 Å². The van der Waals surface area contributed by atoms with Gasteiger partial charge in [0.15, 0.2) is 0 Å². The molecule has 9 nitrogen and oxygen atoms in total. The lowest BCUT2D eigenvalue weighted by atomic mass is 10.1. The van der Waals surface area contributed by atoms with Crippen molar-refractivity contribution < 1.29 is 24.2 Å². The van der Waals surface area contributed by atoms with Gasteiger partial charge in [-0.05, 0) is 30.2 Å². The van der Waals surface area contributed by atoms with E-state index in [2.05, 4.69) is 22.3 Å². The zero-order valence-corrected chi connectivity index (χ0v) is 19.7. The molecule has 2 N–H and O–H groups in total. The first-order chi connectivity index (χ1) is 16.7. The number of rotatable bonds is 7. The molecule has 0 unspecified atom stereocenters. The van der Waals surface area contributed by atoms with Gasteiger partial charge in [-0.25, -0.2) is 4.79 Å². The number of carbonyl (C=O) groups is 3. The Hall–Kier alpha value is -4.58. The van der Waals surface area contributed by atoms with Crippen molar-refractivity contribution in [2.75, 3.05) is 18.9 Å². The van der Waals surface area contributed by atoms with Gasteiger partial charge in [-0.3, -0.25) is 19.6 Å². The molecule has 3 aromatic rings. The number of ether oxygens (including phenoxy) is 1. The van der Waals surface area contributed by atoms with Crippen LogP contribution < -0.4 is 5.32 Å². The van der Waals surface area contributed by atoms with Crippen LogP contribution in [0.3, 0.4) is 0 Å². The third-order valence-electron chi connectivity index (χ3n) is 5.23. The maximum atomic E-state index is 12.5. The summed E-state index contributed by atoms with van der Waals surface area (Å²) in [5.74, 6) is 4.33. The van der Waals surface area contributed by atoms with Crippen LogP contribution in [0.1, 0.15) is 30.6 Å². The van der Waals surface area contributed by atoms with Gasteiger partial charge < -0.3 is 14.7 Å². The number of benzene rings is 2. The normalized spacial score (nSPS) is 11.1. The summed E-state index contributed by atoms with van der Waals surface area (Å²) >= 11 is 0. The SMILES string of the molecule is C[C@@H](OC(=O)Nc1c(-c2ccc(C#CC(=O)N(C)CCC(=O)O)cc2)cnn1C)c1ccccc1. The minimum atomic E-state index is -0.976. The van der Waals surface area contributed by atoms with Crippen LogP contribution >= 0.6 is 0 Å². The van der Waals surface area contributed by atoms with Gasteiger partial charge in [0.1, 0.15) is 11.9 Å². The van der Waals surface area contributed by atoms with Gasteiger partial charge in [0, 0.05) is 37.7 Å². The number of aromatic nitrogens is 2. The lowest BCUT2D eigenvalue weighted by Crippen LogP contribution is -2.27. The molecular formula is C26H26N4O5. The Balaban J connectivity index is 1.67. The second-order valence-electron chi connectivity index (χ2n) is 7.81. The molecule has 0 aliphatic heterocycles. The Morgan fingerprint density at radius 1 is 1.14 bits per heavy atom. The van der Waals surface area contributed by atoms with Crippen LogP contribution in [0.5, 0.6) is 0 Å². The molecule has 0 saturated heterocycles. The fourth-order valence-corrected chi connectivity index (χ4v) is 3.19. The van der Waals surface area contributed by atoms with Crippen LogP contribution in [-0.4, -0.2) is 51.3 Å². The van der Waals surface area contributed by atoms with Crippen molar-refractivity contribution in [2.45, 2.75) is 19.4 Å². The monoisotopic (exact) mass is 474 g/mol. The molecule has 1 atom stereocenters. The minimum absolute atomic E-state index is 0.0884. The second kappa shape index (κ2) is 11.5. The second-order valence-corrected chi connectivity index (χ2v) is 7.81. The van der Waals surface area contributed by atoms with E-state index in [9.17, 15) is 14.4 Å². The van der Waals surface area contributed by atoms with Crippen molar-refractivity contribution in [2.24, 2.45) is 7.05 Å². The van der Waals surface area contributed by atoms with Crippen molar-refractivity contribution in [3.05, 3.63) is 71.9 Å². The number of amides is 2. The van der Waals surface area contributed by atoms with Crippen LogP contribution in [0.15, 0.2) is 60.8 Å². The molecule has 0 spiro atoms. The highest BCUT2D eigenvalue weighted by molar-refractivity contribution is 5.94. The smallest absolute Gasteiger partial charge is 0.413 e. The number of carbonyl (C=O) groups excluding carboxylic acids is 2. The quantitative estimate of drug-likeness (QED) is 0.505. The van der Waals surface area contributed by atoms with E-state index in [1.54, 1.807) is 37.0 Å². The number of hydrogen-bond acceptors (Lipinski definition) is 5. The number of nitrogens with zero attached hydrogens (tertiary/aromatic N) is 3. The first kappa shape index (κ1) is 25.1. The molecule has 2 aromatic carbocycles. The van der Waals surface area contributed by atoms with Crippen molar-refractivity contribution in [1.29, 1.82) is 0 Å². The molecule has 0 radical (unpaired) electrons. The third kappa shape index (κ3) is 6.95. The van der Waals surface area contributed by atoms with Gasteiger partial charge in [-0.1, -0.05) is 48.4 Å². The van der Waals surface area contributed by atoms with Gasteiger partial charge in [-0.2, -0.15) is 5.10 Å². The average Bonchev–Trinajstić information content (AvgIpc) is 3.21. The van der Waals surface area contributed by atoms with E-state index in [0.717, 1.165) is 11.1 Å². The van der Waals surface area contributed by atoms with Crippen molar-refractivity contribution >= 4 is 23.8 Å². The van der Waals surface area contributed by atoms with Gasteiger partial charge in [-0.15, -0.1) is 0 Å². The molecule has 9 heteroatoms. The number of aliphatic carboxylic acids is 1. The standard InChI is InChI=1S/C26H26N4O5/c1-18(20-7-5-4-6-8-20)35-26(34)28-25-22(17-27-30(25)3)21-12-9-19(10-13-21)11-14-23(31)29(2)16-15-24(32)33/h4-10,12-13,17-18H,15-16H2,1-3H3,(H,28,34)(H,32,33)/t18-/m1/s1. The predicted octanol–water partition coefficient (Wildman–Crippen LogP) is 3.68. The Morgan fingerprint density at radius 3 is 2.49 bits per heavy atom. The summed E-state index contributed by atoms with van der Waals surface area (Å²) in [5.41, 5.74) is 2.99. The van der Waals surface area contributed by atoms with E-state index in [1.165, 1.54) is 11.9 Å². The summed E-state index contributed by atoms with van der Waals surface area (Å²) in [6.07, 6.45) is 0.479. The number of hydrogen-bond donors (Lipinski definition) is 2. The molecule has 180 valence electrons. The highest BCUT2D eigenvalue weighted by atomic mass is 16.6. The van der Waals surface area contributed by atoms with Crippen molar-refractivity contribution in [1.82, 2.24) is 14.7 Å². The number of nitrogens with one attached hydrogen (secondary N) is 1. The van der Waals surface area contributed by atoms with E-state index in [1.807, 2.05) is 42.5 Å². The summed E-state index contributed by atoms with van der Waals surface area (Å²) in [6, 6.07) is 16.6. The van der Waals surface area contributed by atoms with E-state index >= 15 is 0 Å². The molecule has 0 aliphatic rings. The Bertz CT molecular complexity index is 1260. The van der Waals surface area contributed by atoms with E-state index < -0.39 is 24.1 Å². The molecule has 35 heavy (non-hydrogen) atoms. The van der Waals surface area contributed by atoms with Crippen LogP contribution in [0.25, 0.3) is 11.1 Å². The molecular weight excluding hydrogens is 448 g/mol. The Kier molecular flexibility index (Phi) is 8.24. The summed E-state index contributed by atoms with van der Waals surface area (Å²) in [4.78, 5) is 36.4. The highest BCUT2D eigenvalue weighted by Gasteiger charge is 2.17. The molecule has 1 heterocycles. The van der Waals surface area contributed by atoms with E-state index in [-0.39, 0.29) is 13.0 Å². The van der Waals surface area contributed by atoms with Crippen LogP contribution in [-0.2, 0) is 21.4 Å². The fourth-order valence-electron chi connectivity index (χ4n) is 3.19. The zero-order chi connectivity index (χ0) is 25.4. The van der Waals surface area contributed by atoms with Crippen molar-refractivity contribution in [3.8, 4) is 23.0 Å². The minimum Gasteiger partial charge on any atom is -0.481 e. The molecule has 0 bridgehead atoms. The Labute approximate surface area is 203 Å². The van der Waals surface area contributed by atoms with Gasteiger partial charge in [0.05, 0.1) is 12.6 Å². The van der Waals surface area contributed by atoms with Gasteiger partial charge in [0.2, 0.25) is 0 Å². The fraction of sp³-hybridized carbons (Fsp3) is 0.231. The summed E-state index contributed by atoms with van der Waals surface area (Å²) in [7, 11) is 3.22. The molecule has 0 saturated carbocycles. The number of carboxylic acid groups (broad SMARTS) is 1. The van der Waals surface area contributed by atoms with Crippen molar-refractivity contribution in [3.63, 3.8) is 0 Å². The highest BCUT2D eigenvalue weighted by Crippen LogP contribution is 2.28. The number of anilines is 1. The summed E-state index contributed by atoms with van der Waals surface area (Å²) in [6.45, 7) is 1.89. The molecule has 1 aromatic heterocycles. The predicted molar refractivity (Wildman–Crippen MR) is 130 cm³/mol. The topological polar surface area (TPSA) is 114 Å².